The van der Waals surface area contributed by atoms with Gasteiger partial charge >= 0.3 is 5.97 Å². The molecule has 0 aliphatic heterocycles. The lowest BCUT2D eigenvalue weighted by molar-refractivity contribution is -0.119. The number of benzene rings is 1. The van der Waals surface area contributed by atoms with E-state index in [1.54, 1.807) is 6.07 Å². The van der Waals surface area contributed by atoms with E-state index in [-0.39, 0.29) is 10.8 Å². The number of anilines is 2. The van der Waals surface area contributed by atoms with E-state index >= 15 is 0 Å². The van der Waals surface area contributed by atoms with E-state index < -0.39 is 28.5 Å². The minimum atomic E-state index is -3.87. The van der Waals surface area contributed by atoms with Crippen molar-refractivity contribution in [2.24, 2.45) is 0 Å². The smallest absolute Gasteiger partial charge is 0.348 e. The minimum Gasteiger partial charge on any atom is -0.451 e. The molecule has 1 aliphatic rings. The number of ether oxygens (including phenoxy) is 1. The Bertz CT molecular complexity index is 1200. The Kier molecular flexibility index (Phi) is 6.47. The van der Waals surface area contributed by atoms with E-state index in [0.717, 1.165) is 25.7 Å². The van der Waals surface area contributed by atoms with E-state index in [4.69, 9.17) is 4.74 Å². The van der Waals surface area contributed by atoms with Gasteiger partial charge in [0.15, 0.2) is 6.61 Å². The first-order valence-electron chi connectivity index (χ1n) is 9.89. The van der Waals surface area contributed by atoms with Gasteiger partial charge in [0.2, 0.25) is 5.95 Å². The predicted molar refractivity (Wildman–Crippen MR) is 119 cm³/mol. The average Bonchev–Trinajstić information content (AvgIpc) is 3.23. The third-order valence-corrected chi connectivity index (χ3v) is 7.33. The number of amides is 1. The normalized spacial score (nSPS) is 13.1. The van der Waals surface area contributed by atoms with Crippen molar-refractivity contribution in [1.82, 2.24) is 9.97 Å². The van der Waals surface area contributed by atoms with Crippen LogP contribution in [0.1, 0.15) is 33.0 Å². The van der Waals surface area contributed by atoms with Crippen LogP contribution in [0.25, 0.3) is 0 Å². The van der Waals surface area contributed by atoms with Crippen LogP contribution in [0.4, 0.5) is 11.6 Å². The van der Waals surface area contributed by atoms with Crippen LogP contribution in [-0.4, -0.2) is 36.9 Å². The molecule has 0 radical (unpaired) electrons. The van der Waals surface area contributed by atoms with Crippen LogP contribution in [0.15, 0.2) is 53.7 Å². The largest absolute Gasteiger partial charge is 0.451 e. The molecule has 4 rings (SSSR count). The number of thiophene rings is 1. The number of carbonyl (C=O) groups is 2. The molecule has 0 spiro atoms. The van der Waals surface area contributed by atoms with Gasteiger partial charge in [-0.15, -0.1) is 11.3 Å². The minimum absolute atomic E-state index is 0.0176. The zero-order valence-corrected chi connectivity index (χ0v) is 18.5. The highest BCUT2D eigenvalue weighted by atomic mass is 32.2. The Morgan fingerprint density at radius 3 is 2.50 bits per heavy atom. The SMILES string of the molecule is O=C(COC(=O)c1cc2c(s1)CCCC2)Nc1ccc(S(=O)(=O)Nc2ncccn2)cc1. The van der Waals surface area contributed by atoms with Crippen molar-refractivity contribution in [2.45, 2.75) is 30.6 Å². The molecule has 0 unspecified atom stereocenters. The van der Waals surface area contributed by atoms with Crippen molar-refractivity contribution in [3.05, 3.63) is 64.1 Å². The van der Waals surface area contributed by atoms with Crippen LogP contribution in [0.5, 0.6) is 0 Å². The standard InChI is InChI=1S/C21H20N4O5S2/c26-19(13-30-20(27)18-12-14-4-1-2-5-17(14)31-18)24-15-6-8-16(9-7-15)32(28,29)25-21-22-10-3-11-23-21/h3,6-12H,1-2,4-5,13H2,(H,24,26)(H,22,23,25). The second-order valence-corrected chi connectivity index (χ2v) is 9.91. The van der Waals surface area contributed by atoms with Gasteiger partial charge in [0.05, 0.1) is 4.90 Å². The zero-order valence-electron chi connectivity index (χ0n) is 16.9. The fraction of sp³-hybridized carbons (Fsp3) is 0.238. The Morgan fingerprint density at radius 1 is 1.06 bits per heavy atom. The first kappa shape index (κ1) is 21.9. The van der Waals surface area contributed by atoms with Crippen LogP contribution < -0.4 is 10.0 Å². The number of sulfonamides is 1. The van der Waals surface area contributed by atoms with Crippen molar-refractivity contribution in [3.63, 3.8) is 0 Å². The van der Waals surface area contributed by atoms with Crippen molar-refractivity contribution in [3.8, 4) is 0 Å². The van der Waals surface area contributed by atoms with Crippen molar-refractivity contribution in [2.75, 3.05) is 16.6 Å². The third-order valence-electron chi connectivity index (χ3n) is 4.77. The van der Waals surface area contributed by atoms with Crippen molar-refractivity contribution >= 4 is 44.9 Å². The number of esters is 1. The van der Waals surface area contributed by atoms with Gasteiger partial charge in [0.25, 0.3) is 15.9 Å². The number of nitrogens with one attached hydrogen (secondary N) is 2. The van der Waals surface area contributed by atoms with Crippen molar-refractivity contribution in [1.29, 1.82) is 0 Å². The second kappa shape index (κ2) is 9.45. The lowest BCUT2D eigenvalue weighted by atomic mass is 9.99. The van der Waals surface area contributed by atoms with Gasteiger partial charge in [-0.2, -0.15) is 0 Å². The maximum atomic E-state index is 12.4. The molecule has 1 aliphatic carbocycles. The highest BCUT2D eigenvalue weighted by molar-refractivity contribution is 7.92. The van der Waals surface area contributed by atoms with Crippen molar-refractivity contribution < 1.29 is 22.7 Å². The molecule has 0 fully saturated rings. The summed E-state index contributed by atoms with van der Waals surface area (Å²) in [5, 5.41) is 2.57. The number of carbonyl (C=O) groups excluding carboxylic acids is 2. The molecule has 1 aromatic carbocycles. The maximum absolute atomic E-state index is 12.4. The fourth-order valence-electron chi connectivity index (χ4n) is 3.24. The first-order chi connectivity index (χ1) is 15.4. The van der Waals surface area contributed by atoms with Crippen LogP contribution in [0, 0.1) is 0 Å². The molecular weight excluding hydrogens is 452 g/mol. The predicted octanol–water partition coefficient (Wildman–Crippen LogP) is 3.01. The van der Waals surface area contributed by atoms with E-state index in [0.29, 0.717) is 10.6 Å². The summed E-state index contributed by atoms with van der Waals surface area (Å²) in [6, 6.07) is 8.97. The lowest BCUT2D eigenvalue weighted by Crippen LogP contribution is -2.20. The van der Waals surface area contributed by atoms with E-state index in [1.807, 2.05) is 6.07 Å². The monoisotopic (exact) mass is 472 g/mol. The summed E-state index contributed by atoms with van der Waals surface area (Å²) in [5.74, 6) is -1.08. The number of rotatable bonds is 7. The molecule has 3 aromatic rings. The molecule has 2 aromatic heterocycles. The number of aryl methyl sites for hydroxylation is 2. The number of fused-ring (bicyclic) bond motifs is 1. The van der Waals surface area contributed by atoms with Gasteiger partial charge in [-0.05, 0) is 67.6 Å². The van der Waals surface area contributed by atoms with Crippen LogP contribution in [-0.2, 0) is 32.4 Å². The van der Waals surface area contributed by atoms with E-state index in [2.05, 4.69) is 20.0 Å². The summed E-state index contributed by atoms with van der Waals surface area (Å²) in [5.41, 5.74) is 1.56. The van der Waals surface area contributed by atoms with E-state index in [1.165, 1.54) is 58.4 Å². The van der Waals surface area contributed by atoms with Crippen LogP contribution >= 0.6 is 11.3 Å². The molecular formula is C21H20N4O5S2. The molecule has 2 heterocycles. The summed E-state index contributed by atoms with van der Waals surface area (Å²) >= 11 is 1.43. The topological polar surface area (TPSA) is 127 Å². The molecule has 0 atom stereocenters. The Morgan fingerprint density at radius 2 is 1.78 bits per heavy atom. The zero-order chi connectivity index (χ0) is 22.6. The molecule has 0 saturated carbocycles. The molecule has 32 heavy (non-hydrogen) atoms. The molecule has 9 nitrogen and oxygen atoms in total. The van der Waals surface area contributed by atoms with Gasteiger partial charge in [-0.1, -0.05) is 0 Å². The number of aromatic nitrogens is 2. The van der Waals surface area contributed by atoms with Gasteiger partial charge in [-0.3, -0.25) is 4.79 Å². The first-order valence-corrected chi connectivity index (χ1v) is 12.2. The fourth-order valence-corrected chi connectivity index (χ4v) is 5.34. The molecule has 11 heteroatoms. The summed E-state index contributed by atoms with van der Waals surface area (Å²) in [6.07, 6.45) is 7.04. The molecule has 2 N–H and O–H groups in total. The Hall–Kier alpha value is -3.31. The van der Waals surface area contributed by atoms with Gasteiger partial charge in [0.1, 0.15) is 4.88 Å². The molecule has 0 saturated heterocycles. The molecule has 166 valence electrons. The summed E-state index contributed by atoms with van der Waals surface area (Å²) in [7, 11) is -3.87. The quantitative estimate of drug-likeness (QED) is 0.506. The number of hydrogen-bond donors (Lipinski definition) is 2. The highest BCUT2D eigenvalue weighted by Crippen LogP contribution is 2.30. The summed E-state index contributed by atoms with van der Waals surface area (Å²) in [6.45, 7) is -0.436. The summed E-state index contributed by atoms with van der Waals surface area (Å²) < 4.78 is 32.2. The van der Waals surface area contributed by atoms with Gasteiger partial charge in [-0.25, -0.2) is 27.9 Å². The lowest BCUT2D eigenvalue weighted by Gasteiger charge is -2.08. The number of hydrogen-bond acceptors (Lipinski definition) is 8. The Balaban J connectivity index is 1.30. The maximum Gasteiger partial charge on any atom is 0.348 e. The second-order valence-electron chi connectivity index (χ2n) is 7.09. The molecule has 0 bridgehead atoms. The number of nitrogens with zero attached hydrogens (tertiary/aromatic N) is 2. The highest BCUT2D eigenvalue weighted by Gasteiger charge is 2.19. The van der Waals surface area contributed by atoms with Crippen LogP contribution in [0.2, 0.25) is 0 Å². The van der Waals surface area contributed by atoms with Gasteiger partial charge < -0.3 is 10.1 Å². The van der Waals surface area contributed by atoms with Gasteiger partial charge in [0, 0.05) is 23.0 Å². The molecule has 1 amide bonds. The summed E-state index contributed by atoms with van der Waals surface area (Å²) in [4.78, 5) is 33.7. The van der Waals surface area contributed by atoms with E-state index in [9.17, 15) is 18.0 Å². The van der Waals surface area contributed by atoms with Crippen LogP contribution in [0.3, 0.4) is 0 Å². The third kappa shape index (κ3) is 5.29. The average molecular weight is 473 g/mol. The Labute approximate surface area is 188 Å².